The van der Waals surface area contributed by atoms with Gasteiger partial charge in [-0.15, -0.1) is 0 Å². The van der Waals surface area contributed by atoms with Gasteiger partial charge < -0.3 is 5.32 Å². The Balaban J connectivity index is 1.63. The van der Waals surface area contributed by atoms with Gasteiger partial charge in [0.1, 0.15) is 0 Å². The third kappa shape index (κ3) is 7.37. The monoisotopic (exact) mass is 197 g/mol. The molecule has 0 heterocycles. The minimum atomic E-state index is 1.12. The number of unbranched alkanes of at least 4 members (excludes halogenated alkanes) is 4. The van der Waals surface area contributed by atoms with Crippen LogP contribution < -0.4 is 5.32 Å². The fraction of sp³-hybridized carbons (Fsp3) is 1.00. The first-order valence-corrected chi connectivity index (χ1v) is 6.64. The van der Waals surface area contributed by atoms with E-state index in [0.717, 1.165) is 5.92 Å². The summed E-state index contributed by atoms with van der Waals surface area (Å²) in [4.78, 5) is 0. The molecule has 0 aromatic carbocycles. The third-order valence-corrected chi connectivity index (χ3v) is 3.12. The van der Waals surface area contributed by atoms with Crippen LogP contribution in [0.5, 0.6) is 0 Å². The molecule has 84 valence electrons. The van der Waals surface area contributed by atoms with Crippen molar-refractivity contribution in [2.24, 2.45) is 5.92 Å². The highest BCUT2D eigenvalue weighted by atomic mass is 14.8. The lowest BCUT2D eigenvalue weighted by Gasteiger charge is -2.03. The highest BCUT2D eigenvalue weighted by Gasteiger charge is 2.19. The highest BCUT2D eigenvalue weighted by Crippen LogP contribution is 2.33. The standard InChI is InChI=1S/C13H27N/c1-2-3-4-6-11-14-12-7-5-8-13-9-10-13/h13-14H,2-12H2,1H3. The molecule has 14 heavy (non-hydrogen) atoms. The van der Waals surface area contributed by atoms with E-state index >= 15 is 0 Å². The van der Waals surface area contributed by atoms with Crippen molar-refractivity contribution >= 4 is 0 Å². The molecule has 0 aromatic heterocycles. The molecule has 0 radical (unpaired) electrons. The van der Waals surface area contributed by atoms with Crippen LogP contribution in [0, 0.1) is 5.92 Å². The topological polar surface area (TPSA) is 12.0 Å². The van der Waals surface area contributed by atoms with E-state index in [0.29, 0.717) is 0 Å². The normalized spacial score (nSPS) is 16.1. The Kier molecular flexibility index (Phi) is 7.12. The van der Waals surface area contributed by atoms with Crippen molar-refractivity contribution in [1.82, 2.24) is 5.32 Å². The Bertz CT molecular complexity index is 118. The number of rotatable bonds is 10. The molecule has 1 fully saturated rings. The van der Waals surface area contributed by atoms with Crippen LogP contribution in [-0.2, 0) is 0 Å². The molecule has 0 saturated heterocycles. The molecule has 0 aliphatic heterocycles. The Hall–Kier alpha value is -0.0400. The SMILES string of the molecule is CCCCCCNCCCCC1CC1. The summed E-state index contributed by atoms with van der Waals surface area (Å²) in [5, 5.41) is 3.54. The van der Waals surface area contributed by atoms with E-state index in [1.807, 2.05) is 0 Å². The van der Waals surface area contributed by atoms with Gasteiger partial charge in [-0.05, 0) is 31.8 Å². The lowest BCUT2D eigenvalue weighted by Crippen LogP contribution is -2.16. The zero-order valence-corrected chi connectivity index (χ0v) is 9.86. The van der Waals surface area contributed by atoms with Crippen LogP contribution in [0.2, 0.25) is 0 Å². The van der Waals surface area contributed by atoms with Gasteiger partial charge >= 0.3 is 0 Å². The van der Waals surface area contributed by atoms with Crippen molar-refractivity contribution < 1.29 is 0 Å². The van der Waals surface area contributed by atoms with Gasteiger partial charge in [0.05, 0.1) is 0 Å². The van der Waals surface area contributed by atoms with Crippen molar-refractivity contribution in [2.75, 3.05) is 13.1 Å². The molecule has 1 rings (SSSR count). The van der Waals surface area contributed by atoms with Crippen LogP contribution in [0.4, 0.5) is 0 Å². The van der Waals surface area contributed by atoms with E-state index in [4.69, 9.17) is 0 Å². The number of hydrogen-bond acceptors (Lipinski definition) is 1. The molecule has 1 saturated carbocycles. The van der Waals surface area contributed by atoms with Crippen LogP contribution in [0.25, 0.3) is 0 Å². The van der Waals surface area contributed by atoms with Gasteiger partial charge in [-0.25, -0.2) is 0 Å². The highest BCUT2D eigenvalue weighted by molar-refractivity contribution is 4.72. The second-order valence-corrected chi connectivity index (χ2v) is 4.75. The van der Waals surface area contributed by atoms with Crippen molar-refractivity contribution in [3.8, 4) is 0 Å². The van der Waals surface area contributed by atoms with Gasteiger partial charge in [0.2, 0.25) is 0 Å². The Morgan fingerprint density at radius 2 is 1.64 bits per heavy atom. The van der Waals surface area contributed by atoms with E-state index in [9.17, 15) is 0 Å². The summed E-state index contributed by atoms with van der Waals surface area (Å²) in [6.45, 7) is 4.76. The van der Waals surface area contributed by atoms with E-state index in [1.54, 1.807) is 0 Å². The first kappa shape index (κ1) is 12.0. The average Bonchev–Trinajstić information content (AvgIpc) is 2.99. The van der Waals surface area contributed by atoms with Gasteiger partial charge in [0.15, 0.2) is 0 Å². The predicted octanol–water partition coefficient (Wildman–Crippen LogP) is 3.74. The summed E-state index contributed by atoms with van der Waals surface area (Å²) >= 11 is 0. The largest absolute Gasteiger partial charge is 0.317 e. The van der Waals surface area contributed by atoms with Crippen LogP contribution in [0.15, 0.2) is 0 Å². The van der Waals surface area contributed by atoms with Crippen molar-refractivity contribution in [1.29, 1.82) is 0 Å². The molecule has 1 aliphatic rings. The van der Waals surface area contributed by atoms with Gasteiger partial charge in [-0.3, -0.25) is 0 Å². The first-order valence-electron chi connectivity index (χ1n) is 6.64. The van der Waals surface area contributed by atoms with E-state index in [2.05, 4.69) is 12.2 Å². The first-order chi connectivity index (χ1) is 6.93. The molecule has 1 aliphatic carbocycles. The zero-order chi connectivity index (χ0) is 10.1. The zero-order valence-electron chi connectivity index (χ0n) is 9.86. The van der Waals surface area contributed by atoms with Crippen molar-refractivity contribution in [3.05, 3.63) is 0 Å². The van der Waals surface area contributed by atoms with Crippen LogP contribution >= 0.6 is 0 Å². The van der Waals surface area contributed by atoms with Gasteiger partial charge in [0, 0.05) is 0 Å². The predicted molar refractivity (Wildman–Crippen MR) is 63.6 cm³/mol. The van der Waals surface area contributed by atoms with Crippen LogP contribution in [0.3, 0.4) is 0 Å². The molecular formula is C13H27N. The van der Waals surface area contributed by atoms with E-state index in [1.165, 1.54) is 70.9 Å². The summed E-state index contributed by atoms with van der Waals surface area (Å²) < 4.78 is 0. The summed E-state index contributed by atoms with van der Waals surface area (Å²) in [5.41, 5.74) is 0. The molecule has 0 spiro atoms. The molecular weight excluding hydrogens is 170 g/mol. The quantitative estimate of drug-likeness (QED) is 0.526. The second-order valence-electron chi connectivity index (χ2n) is 4.75. The fourth-order valence-electron chi connectivity index (χ4n) is 1.89. The Morgan fingerprint density at radius 1 is 0.929 bits per heavy atom. The average molecular weight is 197 g/mol. The molecule has 0 aromatic rings. The van der Waals surface area contributed by atoms with E-state index < -0.39 is 0 Å². The molecule has 1 N–H and O–H groups in total. The van der Waals surface area contributed by atoms with Gasteiger partial charge in [0.25, 0.3) is 0 Å². The van der Waals surface area contributed by atoms with Crippen molar-refractivity contribution in [3.63, 3.8) is 0 Å². The lowest BCUT2D eigenvalue weighted by molar-refractivity contribution is 0.555. The van der Waals surface area contributed by atoms with Crippen LogP contribution in [0.1, 0.15) is 64.7 Å². The summed E-state index contributed by atoms with van der Waals surface area (Å²) in [6.07, 6.45) is 12.9. The van der Waals surface area contributed by atoms with E-state index in [-0.39, 0.29) is 0 Å². The maximum atomic E-state index is 3.54. The maximum absolute atomic E-state index is 3.54. The second kappa shape index (κ2) is 8.28. The third-order valence-electron chi connectivity index (χ3n) is 3.12. The molecule has 1 heteroatoms. The lowest BCUT2D eigenvalue weighted by atomic mass is 10.2. The molecule has 1 nitrogen and oxygen atoms in total. The summed E-state index contributed by atoms with van der Waals surface area (Å²) in [6, 6.07) is 0. The number of hydrogen-bond donors (Lipinski definition) is 1. The van der Waals surface area contributed by atoms with Crippen LogP contribution in [-0.4, -0.2) is 13.1 Å². The van der Waals surface area contributed by atoms with Gasteiger partial charge in [-0.1, -0.05) is 51.9 Å². The summed E-state index contributed by atoms with van der Waals surface area (Å²) in [5.74, 6) is 1.12. The minimum Gasteiger partial charge on any atom is -0.317 e. The Labute approximate surface area is 89.7 Å². The molecule has 0 atom stereocenters. The van der Waals surface area contributed by atoms with Crippen molar-refractivity contribution in [2.45, 2.75) is 64.7 Å². The van der Waals surface area contributed by atoms with Gasteiger partial charge in [-0.2, -0.15) is 0 Å². The molecule has 0 amide bonds. The minimum absolute atomic E-state index is 1.12. The molecule has 0 unspecified atom stereocenters. The number of nitrogens with one attached hydrogen (secondary N) is 1. The fourth-order valence-corrected chi connectivity index (χ4v) is 1.89. The Morgan fingerprint density at radius 3 is 2.29 bits per heavy atom. The smallest absolute Gasteiger partial charge is 0.00489 e. The summed E-state index contributed by atoms with van der Waals surface area (Å²) in [7, 11) is 0. The molecule has 0 bridgehead atoms. The maximum Gasteiger partial charge on any atom is -0.00489 e.